The van der Waals surface area contributed by atoms with Gasteiger partial charge in [-0.05, 0) is 19.1 Å². The van der Waals surface area contributed by atoms with E-state index in [-0.39, 0.29) is 0 Å². The molecule has 0 saturated heterocycles. The van der Waals surface area contributed by atoms with Crippen molar-refractivity contribution in [2.24, 2.45) is 0 Å². The van der Waals surface area contributed by atoms with Gasteiger partial charge in [0.25, 0.3) is 0 Å². The maximum Gasteiger partial charge on any atom is 0.235 e. The molecule has 0 saturated carbocycles. The molecule has 0 spiro atoms. The Balaban J connectivity index is 1.62. The van der Waals surface area contributed by atoms with E-state index in [4.69, 9.17) is 9.26 Å². The molecule has 0 aliphatic heterocycles. The van der Waals surface area contributed by atoms with E-state index < -0.39 is 0 Å². The highest BCUT2D eigenvalue weighted by molar-refractivity contribution is 7.19. The predicted molar refractivity (Wildman–Crippen MR) is 79.7 cm³/mol. The lowest BCUT2D eigenvalue weighted by Gasteiger charge is -2.02. The number of hydrogen-bond donors (Lipinski definition) is 0. The molecule has 3 heterocycles. The monoisotopic (exact) mass is 313 g/mol. The molecule has 110 valence electrons. The zero-order valence-corrected chi connectivity index (χ0v) is 12.4. The van der Waals surface area contributed by atoms with Crippen LogP contribution in [-0.4, -0.2) is 25.0 Å². The molecular weight excluding hydrogens is 302 g/mol. The smallest absolute Gasteiger partial charge is 0.235 e. The molecule has 0 bridgehead atoms. The molecule has 0 fully saturated rings. The van der Waals surface area contributed by atoms with Gasteiger partial charge in [-0.15, -0.1) is 10.2 Å². The summed E-state index contributed by atoms with van der Waals surface area (Å²) in [5.41, 5.74) is 0.866. The van der Waals surface area contributed by atoms with Gasteiger partial charge in [0.2, 0.25) is 4.96 Å². The van der Waals surface area contributed by atoms with Gasteiger partial charge < -0.3 is 9.26 Å². The fraction of sp³-hybridized carbons (Fsp3) is 0.143. The molecule has 0 N–H and O–H groups in total. The van der Waals surface area contributed by atoms with E-state index in [1.807, 2.05) is 37.3 Å². The van der Waals surface area contributed by atoms with Crippen LogP contribution in [0.1, 0.15) is 11.6 Å². The second-order valence-electron chi connectivity index (χ2n) is 4.62. The standard InChI is InChI=1S/C14H11N5O2S/c1-9-11(7-15-21-9)13-18-19-12(16-17-14(19)22-13)8-20-10-5-3-2-4-6-10/h2-7H,8H2,1H3. The number of aromatic nitrogens is 5. The van der Waals surface area contributed by atoms with Crippen molar-refractivity contribution in [1.29, 1.82) is 0 Å². The Morgan fingerprint density at radius 3 is 2.86 bits per heavy atom. The summed E-state index contributed by atoms with van der Waals surface area (Å²) in [7, 11) is 0. The summed E-state index contributed by atoms with van der Waals surface area (Å²) in [6.45, 7) is 2.15. The number of ether oxygens (including phenoxy) is 1. The minimum Gasteiger partial charge on any atom is -0.486 e. The molecule has 0 aliphatic carbocycles. The third kappa shape index (κ3) is 2.23. The third-order valence-electron chi connectivity index (χ3n) is 3.15. The number of para-hydroxylation sites is 1. The molecular formula is C14H11N5O2S. The van der Waals surface area contributed by atoms with Gasteiger partial charge in [-0.3, -0.25) is 0 Å². The van der Waals surface area contributed by atoms with Crippen molar-refractivity contribution in [1.82, 2.24) is 25.0 Å². The summed E-state index contributed by atoms with van der Waals surface area (Å²) in [5, 5.41) is 17.3. The van der Waals surface area contributed by atoms with Crippen molar-refractivity contribution in [3.05, 3.63) is 48.1 Å². The zero-order valence-electron chi connectivity index (χ0n) is 11.6. The molecule has 1 aromatic carbocycles. The number of fused-ring (bicyclic) bond motifs is 1. The number of rotatable bonds is 4. The topological polar surface area (TPSA) is 78.3 Å². The van der Waals surface area contributed by atoms with Crippen molar-refractivity contribution >= 4 is 16.3 Å². The largest absolute Gasteiger partial charge is 0.486 e. The van der Waals surface area contributed by atoms with Crippen molar-refractivity contribution < 1.29 is 9.26 Å². The molecule has 3 aromatic heterocycles. The van der Waals surface area contributed by atoms with Gasteiger partial charge in [-0.2, -0.15) is 9.61 Å². The Hall–Kier alpha value is -2.74. The highest BCUT2D eigenvalue weighted by atomic mass is 32.1. The van der Waals surface area contributed by atoms with Gasteiger partial charge in [-0.1, -0.05) is 34.7 Å². The molecule has 4 aromatic rings. The maximum atomic E-state index is 5.69. The Morgan fingerprint density at radius 2 is 2.09 bits per heavy atom. The van der Waals surface area contributed by atoms with Gasteiger partial charge in [0.15, 0.2) is 10.8 Å². The molecule has 8 heteroatoms. The van der Waals surface area contributed by atoms with Crippen molar-refractivity contribution in [3.8, 4) is 16.3 Å². The van der Waals surface area contributed by atoms with E-state index in [1.165, 1.54) is 11.3 Å². The van der Waals surface area contributed by atoms with Crippen LogP contribution < -0.4 is 4.74 Å². The van der Waals surface area contributed by atoms with Gasteiger partial charge in [0, 0.05) is 0 Å². The summed E-state index contributed by atoms with van der Waals surface area (Å²) < 4.78 is 12.5. The second-order valence-corrected chi connectivity index (χ2v) is 5.57. The van der Waals surface area contributed by atoms with Crippen LogP contribution in [0.5, 0.6) is 5.75 Å². The first kappa shape index (κ1) is 13.0. The van der Waals surface area contributed by atoms with Gasteiger partial charge >= 0.3 is 0 Å². The van der Waals surface area contributed by atoms with E-state index in [1.54, 1.807) is 10.7 Å². The molecule has 4 rings (SSSR count). The Morgan fingerprint density at radius 1 is 1.23 bits per heavy atom. The zero-order chi connectivity index (χ0) is 14.9. The van der Waals surface area contributed by atoms with Crippen LogP contribution in [0, 0.1) is 6.92 Å². The number of aryl methyl sites for hydroxylation is 1. The summed E-state index contributed by atoms with van der Waals surface area (Å²) in [6.07, 6.45) is 1.65. The van der Waals surface area contributed by atoms with E-state index in [2.05, 4.69) is 20.5 Å². The van der Waals surface area contributed by atoms with Gasteiger partial charge in [0.05, 0.1) is 11.8 Å². The van der Waals surface area contributed by atoms with Crippen LogP contribution in [0.25, 0.3) is 15.5 Å². The summed E-state index contributed by atoms with van der Waals surface area (Å²) in [4.78, 5) is 0.710. The molecule has 22 heavy (non-hydrogen) atoms. The Kier molecular flexibility index (Phi) is 3.08. The number of hydrogen-bond acceptors (Lipinski definition) is 7. The highest BCUT2D eigenvalue weighted by Gasteiger charge is 2.16. The average molecular weight is 313 g/mol. The van der Waals surface area contributed by atoms with Gasteiger partial charge in [0.1, 0.15) is 18.1 Å². The van der Waals surface area contributed by atoms with E-state index in [0.29, 0.717) is 17.4 Å². The van der Waals surface area contributed by atoms with Crippen LogP contribution in [0.4, 0.5) is 0 Å². The second kappa shape index (κ2) is 5.23. The molecule has 7 nitrogen and oxygen atoms in total. The highest BCUT2D eigenvalue weighted by Crippen LogP contribution is 2.27. The first-order valence-corrected chi connectivity index (χ1v) is 7.43. The predicted octanol–water partition coefficient (Wildman–Crippen LogP) is 2.73. The first-order chi connectivity index (χ1) is 10.8. The number of nitrogens with zero attached hydrogens (tertiary/aromatic N) is 5. The first-order valence-electron chi connectivity index (χ1n) is 6.62. The summed E-state index contributed by atoms with van der Waals surface area (Å²) in [5.74, 6) is 2.16. The van der Waals surface area contributed by atoms with Crippen molar-refractivity contribution in [2.45, 2.75) is 13.5 Å². The van der Waals surface area contributed by atoms with Crippen LogP contribution >= 0.6 is 11.3 Å². The Bertz CT molecular complexity index is 912. The number of benzene rings is 1. The Labute approximate surface area is 129 Å². The summed E-state index contributed by atoms with van der Waals surface area (Å²) >= 11 is 1.43. The van der Waals surface area contributed by atoms with E-state index >= 15 is 0 Å². The van der Waals surface area contributed by atoms with E-state index in [0.717, 1.165) is 22.1 Å². The minimum atomic E-state index is 0.303. The molecule has 0 amide bonds. The fourth-order valence-corrected chi connectivity index (χ4v) is 2.94. The lowest BCUT2D eigenvalue weighted by atomic mass is 10.3. The van der Waals surface area contributed by atoms with Crippen LogP contribution in [0.2, 0.25) is 0 Å². The fourth-order valence-electron chi connectivity index (χ4n) is 2.02. The van der Waals surface area contributed by atoms with Crippen molar-refractivity contribution in [2.75, 3.05) is 0 Å². The minimum absolute atomic E-state index is 0.303. The SMILES string of the molecule is Cc1oncc1-c1nn2c(COc3ccccc3)nnc2s1. The van der Waals surface area contributed by atoms with Crippen LogP contribution in [-0.2, 0) is 6.61 Å². The lowest BCUT2D eigenvalue weighted by Crippen LogP contribution is -2.02. The molecule has 0 atom stereocenters. The molecule has 0 radical (unpaired) electrons. The van der Waals surface area contributed by atoms with Crippen LogP contribution in [0.15, 0.2) is 41.1 Å². The van der Waals surface area contributed by atoms with Crippen LogP contribution in [0.3, 0.4) is 0 Å². The summed E-state index contributed by atoms with van der Waals surface area (Å²) in [6, 6.07) is 9.57. The van der Waals surface area contributed by atoms with Gasteiger partial charge in [-0.25, -0.2) is 0 Å². The average Bonchev–Trinajstić information content (AvgIpc) is 3.21. The third-order valence-corrected chi connectivity index (χ3v) is 4.08. The molecule has 0 unspecified atom stereocenters. The normalized spacial score (nSPS) is 11.1. The lowest BCUT2D eigenvalue weighted by molar-refractivity contribution is 0.293. The van der Waals surface area contributed by atoms with E-state index in [9.17, 15) is 0 Å². The quantitative estimate of drug-likeness (QED) is 0.576. The maximum absolute atomic E-state index is 5.69. The molecule has 0 aliphatic rings. The van der Waals surface area contributed by atoms with Crippen molar-refractivity contribution in [3.63, 3.8) is 0 Å².